The van der Waals surface area contributed by atoms with E-state index in [1.54, 1.807) is 6.07 Å². The van der Waals surface area contributed by atoms with Crippen molar-refractivity contribution < 1.29 is 0 Å². The highest BCUT2D eigenvalue weighted by atomic mass is 35.5. The Morgan fingerprint density at radius 3 is 2.31 bits per heavy atom. The Morgan fingerprint density at radius 1 is 1.15 bits per heavy atom. The van der Waals surface area contributed by atoms with Gasteiger partial charge < -0.3 is 5.73 Å². The zero-order valence-electron chi connectivity index (χ0n) is 7.13. The average Bonchev–Trinajstić information content (AvgIpc) is 2.03. The van der Waals surface area contributed by atoms with Crippen LogP contribution in [0.4, 0.5) is 0 Å². The zero-order valence-corrected chi connectivity index (χ0v) is 8.65. The molecule has 13 heavy (non-hydrogen) atoms. The van der Waals surface area contributed by atoms with Gasteiger partial charge in [-0.25, -0.2) is 0 Å². The van der Waals surface area contributed by atoms with E-state index in [9.17, 15) is 0 Å². The summed E-state index contributed by atoms with van der Waals surface area (Å²) < 4.78 is 0. The molecule has 1 nitrogen and oxygen atoms in total. The molecule has 2 N–H and O–H groups in total. The summed E-state index contributed by atoms with van der Waals surface area (Å²) in [4.78, 5) is 0. The zero-order chi connectivity index (χ0) is 9.68. The summed E-state index contributed by atoms with van der Waals surface area (Å²) in [6.45, 7) is 0.658. The van der Waals surface area contributed by atoms with Crippen LogP contribution >= 0.6 is 23.2 Å². The molecule has 0 amide bonds. The highest BCUT2D eigenvalue weighted by Crippen LogP contribution is 2.19. The van der Waals surface area contributed by atoms with E-state index in [2.05, 4.69) is 0 Å². The van der Waals surface area contributed by atoms with Crippen molar-refractivity contribution in [1.29, 1.82) is 0 Å². The van der Waals surface area contributed by atoms with Crippen LogP contribution in [0.1, 0.15) is 12.0 Å². The van der Waals surface area contributed by atoms with Crippen LogP contribution in [0.15, 0.2) is 24.3 Å². The van der Waals surface area contributed by atoms with Gasteiger partial charge in [0.1, 0.15) is 0 Å². The van der Waals surface area contributed by atoms with Crippen molar-refractivity contribution in [3.05, 3.63) is 39.9 Å². The molecule has 1 aromatic carbocycles. The van der Waals surface area contributed by atoms with Gasteiger partial charge in [0.2, 0.25) is 0 Å². The highest BCUT2D eigenvalue weighted by molar-refractivity contribution is 6.34. The van der Waals surface area contributed by atoms with Gasteiger partial charge in [-0.15, -0.1) is 0 Å². The summed E-state index contributed by atoms with van der Waals surface area (Å²) >= 11 is 11.6. The highest BCUT2D eigenvalue weighted by Gasteiger charge is 1.93. The predicted octanol–water partition coefficient (Wildman–Crippen LogP) is 3.36. The molecule has 1 rings (SSSR count). The number of benzene rings is 1. The van der Waals surface area contributed by atoms with Crippen LogP contribution in [0.2, 0.25) is 10.0 Å². The van der Waals surface area contributed by atoms with Crippen LogP contribution in [0.5, 0.6) is 0 Å². The van der Waals surface area contributed by atoms with Crippen LogP contribution in [-0.2, 0) is 0 Å². The lowest BCUT2D eigenvalue weighted by Gasteiger charge is -1.96. The fourth-order valence-corrected chi connectivity index (χ4v) is 1.53. The first-order valence-electron chi connectivity index (χ1n) is 4.05. The maximum Gasteiger partial charge on any atom is 0.0426 e. The summed E-state index contributed by atoms with van der Waals surface area (Å²) in [5.41, 5.74) is 6.35. The summed E-state index contributed by atoms with van der Waals surface area (Å²) in [5, 5.41) is 1.31. The Bertz CT molecular complexity index is 288. The Morgan fingerprint density at radius 2 is 1.77 bits per heavy atom. The van der Waals surface area contributed by atoms with Crippen molar-refractivity contribution in [1.82, 2.24) is 0 Å². The first kappa shape index (κ1) is 10.6. The van der Waals surface area contributed by atoms with Crippen LogP contribution < -0.4 is 5.73 Å². The largest absolute Gasteiger partial charge is 0.330 e. The lowest BCUT2D eigenvalue weighted by molar-refractivity contribution is 1.01. The molecule has 0 heterocycles. The summed E-state index contributed by atoms with van der Waals surface area (Å²) in [5.74, 6) is 0. The second kappa shape index (κ2) is 5.28. The second-order valence-corrected chi connectivity index (χ2v) is 3.56. The molecule has 0 spiro atoms. The van der Waals surface area contributed by atoms with Crippen molar-refractivity contribution >= 4 is 29.3 Å². The number of hydrogen-bond donors (Lipinski definition) is 1. The monoisotopic (exact) mass is 215 g/mol. The van der Waals surface area contributed by atoms with E-state index in [1.807, 2.05) is 24.3 Å². The maximum atomic E-state index is 5.82. The molecule has 0 saturated heterocycles. The molecule has 0 unspecified atom stereocenters. The fourth-order valence-electron chi connectivity index (χ4n) is 0.987. The quantitative estimate of drug-likeness (QED) is 0.823. The first-order valence-corrected chi connectivity index (χ1v) is 4.80. The minimum absolute atomic E-state index is 0.653. The molecular weight excluding hydrogens is 205 g/mol. The molecular formula is C10H11Cl2N. The van der Waals surface area contributed by atoms with E-state index in [4.69, 9.17) is 28.9 Å². The van der Waals surface area contributed by atoms with E-state index in [0.717, 1.165) is 12.0 Å². The fraction of sp³-hybridized carbons (Fsp3) is 0.200. The average molecular weight is 216 g/mol. The Labute approximate surface area is 88.1 Å². The smallest absolute Gasteiger partial charge is 0.0426 e. The first-order chi connectivity index (χ1) is 6.22. The van der Waals surface area contributed by atoms with Crippen LogP contribution in [0, 0.1) is 0 Å². The van der Waals surface area contributed by atoms with Gasteiger partial charge in [-0.1, -0.05) is 35.4 Å². The van der Waals surface area contributed by atoms with E-state index in [1.165, 1.54) is 0 Å². The van der Waals surface area contributed by atoms with Crippen molar-refractivity contribution in [2.75, 3.05) is 6.54 Å². The summed E-state index contributed by atoms with van der Waals surface area (Å²) in [6, 6.07) is 5.43. The molecule has 0 aliphatic carbocycles. The lowest BCUT2D eigenvalue weighted by Crippen LogP contribution is -1.94. The van der Waals surface area contributed by atoms with Crippen molar-refractivity contribution in [2.24, 2.45) is 5.73 Å². The van der Waals surface area contributed by atoms with Crippen molar-refractivity contribution in [3.8, 4) is 0 Å². The number of halogens is 2. The van der Waals surface area contributed by atoms with E-state index in [0.29, 0.717) is 16.6 Å². The SMILES string of the molecule is NCC/C=C/c1cc(Cl)cc(Cl)c1. The van der Waals surface area contributed by atoms with E-state index in [-0.39, 0.29) is 0 Å². The standard InChI is InChI=1S/C10H11Cl2N/c11-9-5-8(3-1-2-4-13)6-10(12)7-9/h1,3,5-7H,2,4,13H2/b3-1+. The van der Waals surface area contributed by atoms with E-state index < -0.39 is 0 Å². The number of rotatable bonds is 3. The molecule has 0 bridgehead atoms. The van der Waals surface area contributed by atoms with Crippen molar-refractivity contribution in [3.63, 3.8) is 0 Å². The predicted molar refractivity (Wildman–Crippen MR) is 59.2 cm³/mol. The van der Waals surface area contributed by atoms with Gasteiger partial charge >= 0.3 is 0 Å². The van der Waals surface area contributed by atoms with Crippen LogP contribution in [0.25, 0.3) is 6.08 Å². The van der Waals surface area contributed by atoms with Gasteiger partial charge in [0, 0.05) is 10.0 Å². The molecule has 0 fully saturated rings. The second-order valence-electron chi connectivity index (χ2n) is 2.68. The molecule has 70 valence electrons. The normalized spacial score (nSPS) is 11.0. The summed E-state index contributed by atoms with van der Waals surface area (Å²) in [6.07, 6.45) is 4.83. The van der Waals surface area contributed by atoms with E-state index >= 15 is 0 Å². The third-order valence-electron chi connectivity index (χ3n) is 1.53. The minimum Gasteiger partial charge on any atom is -0.330 e. The molecule has 0 aliphatic rings. The Hall–Kier alpha value is -0.500. The molecule has 1 aromatic rings. The molecule has 0 aromatic heterocycles. The third-order valence-corrected chi connectivity index (χ3v) is 1.96. The van der Waals surface area contributed by atoms with Gasteiger partial charge in [-0.2, -0.15) is 0 Å². The van der Waals surface area contributed by atoms with Gasteiger partial charge in [-0.05, 0) is 36.7 Å². The Balaban J connectivity index is 2.77. The molecule has 0 radical (unpaired) electrons. The summed E-state index contributed by atoms with van der Waals surface area (Å²) in [7, 11) is 0. The van der Waals surface area contributed by atoms with Crippen LogP contribution in [-0.4, -0.2) is 6.54 Å². The molecule has 0 aliphatic heterocycles. The molecule has 3 heteroatoms. The number of nitrogens with two attached hydrogens (primary N) is 1. The molecule has 0 saturated carbocycles. The van der Waals surface area contributed by atoms with Crippen molar-refractivity contribution in [2.45, 2.75) is 6.42 Å². The van der Waals surface area contributed by atoms with Gasteiger partial charge in [0.15, 0.2) is 0 Å². The lowest BCUT2D eigenvalue weighted by atomic mass is 10.2. The van der Waals surface area contributed by atoms with Gasteiger partial charge in [-0.3, -0.25) is 0 Å². The maximum absolute atomic E-state index is 5.82. The molecule has 0 atom stereocenters. The van der Waals surface area contributed by atoms with Gasteiger partial charge in [0.05, 0.1) is 0 Å². The Kier molecular flexibility index (Phi) is 4.29. The minimum atomic E-state index is 0.653. The topological polar surface area (TPSA) is 26.0 Å². The third kappa shape index (κ3) is 3.81. The van der Waals surface area contributed by atoms with Gasteiger partial charge in [0.25, 0.3) is 0 Å². The van der Waals surface area contributed by atoms with Crippen LogP contribution in [0.3, 0.4) is 0 Å². The number of hydrogen-bond acceptors (Lipinski definition) is 1.